The SMILES string of the molecule is OC[C@@H]1C[C@@H](O)C(I)O1. The topological polar surface area (TPSA) is 49.7 Å². The fourth-order valence-electron chi connectivity index (χ4n) is 0.824. The van der Waals surface area contributed by atoms with Crippen LogP contribution in [0.15, 0.2) is 0 Å². The van der Waals surface area contributed by atoms with Gasteiger partial charge in [0.2, 0.25) is 0 Å². The average molecular weight is 244 g/mol. The van der Waals surface area contributed by atoms with Gasteiger partial charge in [0.1, 0.15) is 4.11 Å². The lowest BCUT2D eigenvalue weighted by Gasteiger charge is -2.04. The summed E-state index contributed by atoms with van der Waals surface area (Å²) >= 11 is 2.01. The van der Waals surface area contributed by atoms with Crippen molar-refractivity contribution in [2.24, 2.45) is 0 Å². The summed E-state index contributed by atoms with van der Waals surface area (Å²) in [7, 11) is 0. The normalized spacial score (nSPS) is 43.7. The van der Waals surface area contributed by atoms with E-state index in [9.17, 15) is 0 Å². The van der Waals surface area contributed by atoms with Crippen LogP contribution in [0.3, 0.4) is 0 Å². The van der Waals surface area contributed by atoms with Crippen LogP contribution < -0.4 is 0 Å². The Morgan fingerprint density at radius 2 is 2.33 bits per heavy atom. The van der Waals surface area contributed by atoms with Crippen molar-refractivity contribution in [3.8, 4) is 0 Å². The van der Waals surface area contributed by atoms with E-state index in [1.54, 1.807) is 0 Å². The van der Waals surface area contributed by atoms with Gasteiger partial charge in [-0.05, 0) is 22.6 Å². The molecule has 4 heteroatoms. The van der Waals surface area contributed by atoms with E-state index < -0.39 is 6.10 Å². The number of hydrogen-bond acceptors (Lipinski definition) is 3. The van der Waals surface area contributed by atoms with Gasteiger partial charge in [0.05, 0.1) is 18.8 Å². The lowest BCUT2D eigenvalue weighted by atomic mass is 10.2. The van der Waals surface area contributed by atoms with Crippen molar-refractivity contribution in [2.45, 2.75) is 22.7 Å². The van der Waals surface area contributed by atoms with Crippen molar-refractivity contribution in [1.82, 2.24) is 0 Å². The summed E-state index contributed by atoms with van der Waals surface area (Å²) in [6, 6.07) is 0. The molecule has 9 heavy (non-hydrogen) atoms. The smallest absolute Gasteiger partial charge is 0.135 e. The molecule has 54 valence electrons. The molecule has 3 atom stereocenters. The predicted molar refractivity (Wildman–Crippen MR) is 40.4 cm³/mol. The monoisotopic (exact) mass is 244 g/mol. The molecule has 1 aliphatic heterocycles. The molecule has 1 aliphatic rings. The van der Waals surface area contributed by atoms with Crippen molar-refractivity contribution < 1.29 is 14.9 Å². The van der Waals surface area contributed by atoms with Gasteiger partial charge in [-0.25, -0.2) is 0 Å². The molecular weight excluding hydrogens is 235 g/mol. The maximum Gasteiger partial charge on any atom is 0.135 e. The lowest BCUT2D eigenvalue weighted by molar-refractivity contribution is 0.0423. The second-order valence-corrected chi connectivity index (χ2v) is 3.32. The summed E-state index contributed by atoms with van der Waals surface area (Å²) in [5.41, 5.74) is 0. The Hall–Kier alpha value is 0.610. The molecule has 0 aliphatic carbocycles. The zero-order valence-corrected chi connectivity index (χ0v) is 6.98. The Kier molecular flexibility index (Phi) is 2.69. The van der Waals surface area contributed by atoms with Gasteiger partial charge in [-0.15, -0.1) is 0 Å². The summed E-state index contributed by atoms with van der Waals surface area (Å²) in [6.07, 6.45) is 0.00838. The Bertz CT molecular complexity index is 88.2. The molecule has 0 saturated carbocycles. The van der Waals surface area contributed by atoms with Gasteiger partial charge in [-0.1, -0.05) is 0 Å². The number of alkyl halides is 1. The summed E-state index contributed by atoms with van der Waals surface area (Å²) in [6.45, 7) is 0.0105. The Morgan fingerprint density at radius 1 is 1.67 bits per heavy atom. The van der Waals surface area contributed by atoms with E-state index in [0.717, 1.165) is 0 Å². The maximum atomic E-state index is 9.06. The Balaban J connectivity index is 2.35. The van der Waals surface area contributed by atoms with Crippen LogP contribution in [0.25, 0.3) is 0 Å². The van der Waals surface area contributed by atoms with Crippen LogP contribution in [0.5, 0.6) is 0 Å². The van der Waals surface area contributed by atoms with E-state index in [2.05, 4.69) is 0 Å². The summed E-state index contributed by atoms with van der Waals surface area (Å²) < 4.78 is 4.97. The van der Waals surface area contributed by atoms with Gasteiger partial charge in [-0.2, -0.15) is 0 Å². The number of hydrogen-bond donors (Lipinski definition) is 2. The first-order valence-corrected chi connectivity index (χ1v) is 4.07. The molecule has 3 nitrogen and oxygen atoms in total. The van der Waals surface area contributed by atoms with E-state index in [1.807, 2.05) is 22.6 Å². The van der Waals surface area contributed by atoms with Crippen LogP contribution in [0.2, 0.25) is 0 Å². The molecule has 0 amide bonds. The lowest BCUT2D eigenvalue weighted by Crippen LogP contribution is -2.11. The molecule has 1 heterocycles. The third-order valence-electron chi connectivity index (χ3n) is 1.33. The average Bonchev–Trinajstić information content (AvgIpc) is 2.13. The molecule has 2 N–H and O–H groups in total. The predicted octanol–water partition coefficient (Wildman–Crippen LogP) is -0.110. The van der Waals surface area contributed by atoms with Crippen molar-refractivity contribution in [1.29, 1.82) is 0 Å². The molecule has 1 rings (SSSR count). The number of halogens is 1. The zero-order chi connectivity index (χ0) is 6.85. The highest BCUT2D eigenvalue weighted by atomic mass is 127. The standard InChI is InChI=1S/C5H9IO3/c6-5-4(8)1-3(2-7)9-5/h3-5,7-8H,1-2H2/t3-,4+,5?/m0/s1. The van der Waals surface area contributed by atoms with Crippen molar-refractivity contribution in [3.05, 3.63) is 0 Å². The summed E-state index contributed by atoms with van der Waals surface area (Å²) in [5, 5.41) is 17.6. The second-order valence-electron chi connectivity index (χ2n) is 2.09. The second kappa shape index (κ2) is 3.14. The van der Waals surface area contributed by atoms with Crippen molar-refractivity contribution >= 4 is 22.6 Å². The molecule has 0 aromatic heterocycles. The minimum atomic E-state index is -0.400. The summed E-state index contributed by atoms with van der Waals surface area (Å²) in [4.78, 5) is 0. The van der Waals surface area contributed by atoms with Crippen molar-refractivity contribution in [3.63, 3.8) is 0 Å². The Labute approximate surface area is 67.2 Å². The van der Waals surface area contributed by atoms with Crippen LogP contribution in [-0.4, -0.2) is 33.1 Å². The van der Waals surface area contributed by atoms with Gasteiger partial charge < -0.3 is 14.9 Å². The minimum Gasteiger partial charge on any atom is -0.394 e. The van der Waals surface area contributed by atoms with Gasteiger partial charge >= 0.3 is 0 Å². The van der Waals surface area contributed by atoms with Gasteiger partial charge in [0.25, 0.3) is 0 Å². The molecule has 1 saturated heterocycles. The molecule has 0 radical (unpaired) electrons. The number of rotatable bonds is 1. The fraction of sp³-hybridized carbons (Fsp3) is 1.00. The van der Waals surface area contributed by atoms with E-state index in [-0.39, 0.29) is 16.8 Å². The highest BCUT2D eigenvalue weighted by Crippen LogP contribution is 2.24. The van der Waals surface area contributed by atoms with Crippen molar-refractivity contribution in [2.75, 3.05) is 6.61 Å². The van der Waals surface area contributed by atoms with Gasteiger partial charge in [0, 0.05) is 6.42 Å². The zero-order valence-electron chi connectivity index (χ0n) is 4.83. The maximum absolute atomic E-state index is 9.06. The van der Waals surface area contributed by atoms with Crippen LogP contribution in [0, 0.1) is 0 Å². The van der Waals surface area contributed by atoms with E-state index in [1.165, 1.54) is 0 Å². The van der Waals surface area contributed by atoms with Gasteiger partial charge in [-0.3, -0.25) is 0 Å². The highest BCUT2D eigenvalue weighted by molar-refractivity contribution is 14.1. The molecule has 1 fully saturated rings. The van der Waals surface area contributed by atoms with E-state index in [4.69, 9.17) is 14.9 Å². The quantitative estimate of drug-likeness (QED) is 0.499. The largest absolute Gasteiger partial charge is 0.394 e. The first-order valence-electron chi connectivity index (χ1n) is 2.82. The number of aliphatic hydroxyl groups excluding tert-OH is 2. The van der Waals surface area contributed by atoms with E-state index >= 15 is 0 Å². The third-order valence-corrected chi connectivity index (χ3v) is 2.46. The molecule has 1 unspecified atom stereocenters. The molecular formula is C5H9IO3. The number of aliphatic hydroxyl groups is 2. The molecule has 0 spiro atoms. The minimum absolute atomic E-state index is 0.0105. The van der Waals surface area contributed by atoms with Crippen LogP contribution in [-0.2, 0) is 4.74 Å². The third kappa shape index (κ3) is 1.76. The van der Waals surface area contributed by atoms with E-state index in [0.29, 0.717) is 6.42 Å². The highest BCUT2D eigenvalue weighted by Gasteiger charge is 2.30. The molecule has 0 bridgehead atoms. The molecule has 0 aromatic rings. The van der Waals surface area contributed by atoms with Crippen LogP contribution in [0.4, 0.5) is 0 Å². The number of ether oxygens (including phenoxy) is 1. The summed E-state index contributed by atoms with van der Waals surface area (Å²) in [5.74, 6) is 0. The first-order chi connectivity index (χ1) is 4.24. The fourth-order valence-corrected chi connectivity index (χ4v) is 1.53. The molecule has 0 aromatic carbocycles. The Morgan fingerprint density at radius 3 is 2.56 bits per heavy atom. The van der Waals surface area contributed by atoms with Crippen LogP contribution in [0.1, 0.15) is 6.42 Å². The van der Waals surface area contributed by atoms with Gasteiger partial charge in [0.15, 0.2) is 0 Å². The first kappa shape index (κ1) is 7.71. The van der Waals surface area contributed by atoms with Crippen LogP contribution >= 0.6 is 22.6 Å².